The number of ether oxygens (including phenoxy) is 2. The van der Waals surface area contributed by atoms with Crippen molar-refractivity contribution in [2.24, 2.45) is 0 Å². The Morgan fingerprint density at radius 1 is 0.865 bits per heavy atom. The van der Waals surface area contributed by atoms with Crippen molar-refractivity contribution in [2.75, 3.05) is 11.4 Å². The first-order valence-electron chi connectivity index (χ1n) is 11.3. The van der Waals surface area contributed by atoms with E-state index in [0.29, 0.717) is 24.6 Å². The summed E-state index contributed by atoms with van der Waals surface area (Å²) in [6.45, 7) is 1.56. The minimum Gasteiger partial charge on any atom is -0.457 e. The molecular formula is C26H24F7NO3. The summed E-state index contributed by atoms with van der Waals surface area (Å²) in [6, 6.07) is 13.2. The summed E-state index contributed by atoms with van der Waals surface area (Å²) in [5.74, 6) is -1.08. The third kappa shape index (κ3) is 8.56. The molecule has 0 amide bonds. The van der Waals surface area contributed by atoms with Crippen LogP contribution >= 0.6 is 0 Å². The molecule has 1 atom stereocenters. The SMILES string of the molecule is CCCC(O)CN(Cc1cc(C(F)(F)F)ccc1F)c1cccc(Oc2cccc(OC(F)(F)F)c2)c1. The van der Waals surface area contributed by atoms with Gasteiger partial charge in [-0.25, -0.2) is 4.39 Å². The number of hydrogen-bond acceptors (Lipinski definition) is 4. The van der Waals surface area contributed by atoms with Gasteiger partial charge in [0.2, 0.25) is 0 Å². The highest BCUT2D eigenvalue weighted by atomic mass is 19.4. The maximum Gasteiger partial charge on any atom is 0.573 e. The summed E-state index contributed by atoms with van der Waals surface area (Å²) >= 11 is 0. The zero-order valence-corrected chi connectivity index (χ0v) is 19.6. The molecule has 1 N–H and O–H groups in total. The van der Waals surface area contributed by atoms with Crippen LogP contribution in [-0.4, -0.2) is 24.1 Å². The van der Waals surface area contributed by atoms with Crippen LogP contribution in [0, 0.1) is 5.82 Å². The molecule has 0 saturated heterocycles. The lowest BCUT2D eigenvalue weighted by molar-refractivity contribution is -0.274. The van der Waals surface area contributed by atoms with Crippen molar-refractivity contribution in [3.63, 3.8) is 0 Å². The summed E-state index contributed by atoms with van der Waals surface area (Å²) in [4.78, 5) is 1.51. The van der Waals surface area contributed by atoms with Crippen LogP contribution < -0.4 is 14.4 Å². The molecule has 0 fully saturated rings. The number of rotatable bonds is 10. The largest absolute Gasteiger partial charge is 0.573 e. The topological polar surface area (TPSA) is 41.9 Å². The molecule has 37 heavy (non-hydrogen) atoms. The van der Waals surface area contributed by atoms with Gasteiger partial charge in [-0.3, -0.25) is 0 Å². The minimum absolute atomic E-state index is 0.0120. The highest BCUT2D eigenvalue weighted by Crippen LogP contribution is 2.33. The van der Waals surface area contributed by atoms with Crippen molar-refractivity contribution in [3.05, 3.63) is 83.7 Å². The third-order valence-electron chi connectivity index (χ3n) is 5.24. The summed E-state index contributed by atoms with van der Waals surface area (Å²) in [5, 5.41) is 10.4. The molecule has 3 aromatic carbocycles. The van der Waals surface area contributed by atoms with E-state index < -0.39 is 35.8 Å². The van der Waals surface area contributed by atoms with E-state index in [4.69, 9.17) is 4.74 Å². The lowest BCUT2D eigenvalue weighted by Gasteiger charge is -2.28. The molecule has 0 heterocycles. The summed E-state index contributed by atoms with van der Waals surface area (Å²) in [5.41, 5.74) is -0.829. The van der Waals surface area contributed by atoms with Gasteiger partial charge in [0.25, 0.3) is 0 Å². The monoisotopic (exact) mass is 531 g/mol. The molecule has 3 rings (SSSR count). The average molecular weight is 531 g/mol. The van der Waals surface area contributed by atoms with Crippen LogP contribution in [0.3, 0.4) is 0 Å². The molecule has 0 aromatic heterocycles. The van der Waals surface area contributed by atoms with Gasteiger partial charge in [-0.1, -0.05) is 25.5 Å². The van der Waals surface area contributed by atoms with E-state index >= 15 is 0 Å². The van der Waals surface area contributed by atoms with Gasteiger partial charge in [-0.2, -0.15) is 13.2 Å². The minimum atomic E-state index is -4.88. The number of anilines is 1. The van der Waals surface area contributed by atoms with E-state index in [1.54, 1.807) is 12.1 Å². The Kier molecular flexibility index (Phi) is 8.90. The summed E-state index contributed by atoms with van der Waals surface area (Å²) in [7, 11) is 0. The molecule has 200 valence electrons. The molecule has 3 aromatic rings. The molecule has 1 unspecified atom stereocenters. The van der Waals surface area contributed by atoms with Gasteiger partial charge in [0.05, 0.1) is 11.7 Å². The van der Waals surface area contributed by atoms with Gasteiger partial charge in [0.15, 0.2) is 0 Å². The van der Waals surface area contributed by atoms with Gasteiger partial charge in [-0.05, 0) is 48.9 Å². The molecule has 4 nitrogen and oxygen atoms in total. The van der Waals surface area contributed by atoms with E-state index in [1.807, 2.05) is 6.92 Å². The van der Waals surface area contributed by atoms with Crippen LogP contribution in [0.25, 0.3) is 0 Å². The van der Waals surface area contributed by atoms with Crippen molar-refractivity contribution >= 4 is 5.69 Å². The predicted octanol–water partition coefficient (Wildman–Crippen LogP) is 7.70. The zero-order chi connectivity index (χ0) is 27.2. The van der Waals surface area contributed by atoms with Gasteiger partial charge in [0.1, 0.15) is 23.1 Å². The van der Waals surface area contributed by atoms with Gasteiger partial charge in [0, 0.05) is 36.5 Å². The molecular weight excluding hydrogens is 507 g/mol. The van der Waals surface area contributed by atoms with Crippen LogP contribution in [0.4, 0.5) is 36.4 Å². The number of halogens is 7. The maximum atomic E-state index is 14.5. The third-order valence-corrected chi connectivity index (χ3v) is 5.24. The van der Waals surface area contributed by atoms with E-state index in [2.05, 4.69) is 4.74 Å². The van der Waals surface area contributed by atoms with Gasteiger partial charge < -0.3 is 19.5 Å². The quantitative estimate of drug-likeness (QED) is 0.272. The van der Waals surface area contributed by atoms with Crippen molar-refractivity contribution in [1.82, 2.24) is 0 Å². The number of alkyl halides is 6. The Morgan fingerprint density at radius 2 is 1.51 bits per heavy atom. The van der Waals surface area contributed by atoms with Crippen LogP contribution in [0.1, 0.15) is 30.9 Å². The second kappa shape index (κ2) is 11.7. The van der Waals surface area contributed by atoms with E-state index in [1.165, 1.54) is 29.2 Å². The Hall–Kier alpha value is -3.47. The standard InChI is InChI=1S/C26H24F7NO3/c1-2-5-20(35)16-34(15-17-12-18(25(28,29)30)10-11-24(17)27)19-6-3-7-21(13-19)36-22-8-4-9-23(14-22)37-26(31,32)33/h3-4,6-14,20,35H,2,5,15-16H2,1H3. The summed E-state index contributed by atoms with van der Waals surface area (Å²) < 4.78 is 101. The average Bonchev–Trinajstić information content (AvgIpc) is 2.78. The Morgan fingerprint density at radius 3 is 2.16 bits per heavy atom. The fourth-order valence-electron chi connectivity index (χ4n) is 3.63. The van der Waals surface area contributed by atoms with Crippen LogP contribution in [0.5, 0.6) is 17.2 Å². The number of aliphatic hydroxyl groups excluding tert-OH is 1. The maximum absolute atomic E-state index is 14.5. The first kappa shape index (κ1) is 28.1. The second-order valence-corrected chi connectivity index (χ2v) is 8.25. The van der Waals surface area contributed by atoms with Crippen molar-refractivity contribution in [2.45, 2.75) is 45.0 Å². The molecule has 0 spiro atoms. The Balaban J connectivity index is 1.89. The van der Waals surface area contributed by atoms with Gasteiger partial charge in [-0.15, -0.1) is 13.2 Å². The molecule has 0 aliphatic heterocycles. The zero-order valence-electron chi connectivity index (χ0n) is 19.6. The molecule has 0 radical (unpaired) electrons. The lowest BCUT2D eigenvalue weighted by atomic mass is 10.1. The molecule has 0 aliphatic rings. The Labute approximate surface area is 208 Å². The molecule has 0 saturated carbocycles. The first-order chi connectivity index (χ1) is 17.3. The van der Waals surface area contributed by atoms with Crippen molar-refractivity contribution < 1.29 is 45.3 Å². The predicted molar refractivity (Wildman–Crippen MR) is 123 cm³/mol. The van der Waals surface area contributed by atoms with E-state index in [0.717, 1.165) is 24.3 Å². The van der Waals surface area contributed by atoms with Crippen molar-refractivity contribution in [3.8, 4) is 17.2 Å². The van der Waals surface area contributed by atoms with Crippen LogP contribution in [0.2, 0.25) is 0 Å². The molecule has 0 aliphatic carbocycles. The van der Waals surface area contributed by atoms with Crippen LogP contribution in [0.15, 0.2) is 66.7 Å². The highest BCUT2D eigenvalue weighted by Gasteiger charge is 2.32. The first-order valence-corrected chi connectivity index (χ1v) is 11.3. The molecule has 11 heteroatoms. The fraction of sp³-hybridized carbons (Fsp3) is 0.308. The van der Waals surface area contributed by atoms with Crippen molar-refractivity contribution in [1.29, 1.82) is 0 Å². The number of aliphatic hydroxyl groups is 1. The van der Waals surface area contributed by atoms with E-state index in [-0.39, 0.29) is 30.2 Å². The Bertz CT molecular complexity index is 1180. The fourth-order valence-corrected chi connectivity index (χ4v) is 3.63. The smallest absolute Gasteiger partial charge is 0.457 e. The normalized spacial score (nSPS) is 12.8. The lowest BCUT2D eigenvalue weighted by Crippen LogP contribution is -2.32. The summed E-state index contributed by atoms with van der Waals surface area (Å²) in [6.07, 6.45) is -9.33. The number of benzene rings is 3. The van der Waals surface area contributed by atoms with E-state index in [9.17, 15) is 35.8 Å². The molecule has 0 bridgehead atoms. The van der Waals surface area contributed by atoms with Crippen LogP contribution in [-0.2, 0) is 12.7 Å². The second-order valence-electron chi connectivity index (χ2n) is 8.25. The number of nitrogens with zero attached hydrogens (tertiary/aromatic N) is 1. The highest BCUT2D eigenvalue weighted by molar-refractivity contribution is 5.52. The number of hydrogen-bond donors (Lipinski definition) is 1. The van der Waals surface area contributed by atoms with Gasteiger partial charge >= 0.3 is 12.5 Å².